The fourth-order valence-electron chi connectivity index (χ4n) is 2.21. The predicted octanol–water partition coefficient (Wildman–Crippen LogP) is 3.17. The maximum Gasteiger partial charge on any atom is 0.153 e. The molecule has 0 amide bonds. The number of benzene rings is 1. The number of nitrogens with two attached hydrogens (primary N) is 1. The van der Waals surface area contributed by atoms with Crippen LogP contribution in [-0.4, -0.2) is 15.2 Å². The fourth-order valence-corrected chi connectivity index (χ4v) is 2.21. The molecule has 0 saturated heterocycles. The van der Waals surface area contributed by atoms with Crippen LogP contribution in [0.3, 0.4) is 0 Å². The maximum atomic E-state index is 13.3. The van der Waals surface area contributed by atoms with Crippen LogP contribution in [0.5, 0.6) is 0 Å². The Morgan fingerprint density at radius 2 is 2.00 bits per heavy atom. The average molecular weight is 268 g/mol. The molecule has 3 N–H and O–H groups in total. The molecule has 100 valence electrons. The third-order valence-electron chi connectivity index (χ3n) is 3.09. The number of pyridine rings is 1. The van der Waals surface area contributed by atoms with E-state index in [9.17, 15) is 4.39 Å². The highest BCUT2D eigenvalue weighted by Gasteiger charge is 2.15. The van der Waals surface area contributed by atoms with Crippen molar-refractivity contribution in [3.8, 4) is 22.4 Å². The van der Waals surface area contributed by atoms with Gasteiger partial charge in [0.05, 0.1) is 17.5 Å². The second-order valence-electron chi connectivity index (χ2n) is 4.62. The highest BCUT2D eigenvalue weighted by atomic mass is 19.1. The van der Waals surface area contributed by atoms with Gasteiger partial charge in [0, 0.05) is 11.8 Å². The van der Waals surface area contributed by atoms with Crippen LogP contribution in [0.1, 0.15) is 5.56 Å². The van der Waals surface area contributed by atoms with Gasteiger partial charge in [0.15, 0.2) is 5.82 Å². The number of nitrogens with zero attached hydrogens (tertiary/aromatic N) is 2. The van der Waals surface area contributed by atoms with Gasteiger partial charge in [-0.3, -0.25) is 10.1 Å². The second-order valence-corrected chi connectivity index (χ2v) is 4.62. The van der Waals surface area contributed by atoms with E-state index in [-0.39, 0.29) is 0 Å². The summed E-state index contributed by atoms with van der Waals surface area (Å²) < 4.78 is 13.3. The zero-order valence-electron chi connectivity index (χ0n) is 10.9. The van der Waals surface area contributed by atoms with Crippen LogP contribution in [0.2, 0.25) is 0 Å². The third-order valence-corrected chi connectivity index (χ3v) is 3.09. The molecule has 0 atom stereocenters. The molecule has 3 aromatic rings. The van der Waals surface area contributed by atoms with Crippen molar-refractivity contribution >= 4 is 5.82 Å². The highest BCUT2D eigenvalue weighted by Crippen LogP contribution is 2.34. The second kappa shape index (κ2) is 4.77. The van der Waals surface area contributed by atoms with Gasteiger partial charge in [0.2, 0.25) is 0 Å². The Kier molecular flexibility index (Phi) is 2.95. The molecule has 0 aliphatic carbocycles. The topological polar surface area (TPSA) is 67.6 Å². The monoisotopic (exact) mass is 268 g/mol. The Labute approximate surface area is 115 Å². The van der Waals surface area contributed by atoms with E-state index in [1.165, 1.54) is 6.07 Å². The van der Waals surface area contributed by atoms with Crippen LogP contribution in [-0.2, 0) is 0 Å². The van der Waals surface area contributed by atoms with Crippen molar-refractivity contribution in [3.05, 3.63) is 54.1 Å². The average Bonchev–Trinajstić information content (AvgIpc) is 2.80. The zero-order chi connectivity index (χ0) is 14.1. The zero-order valence-corrected chi connectivity index (χ0v) is 10.9. The summed E-state index contributed by atoms with van der Waals surface area (Å²) in [5, 5.41) is 6.89. The predicted molar refractivity (Wildman–Crippen MR) is 76.4 cm³/mol. The molecule has 5 heteroatoms. The quantitative estimate of drug-likeness (QED) is 0.750. The number of hydrogen-bond donors (Lipinski definition) is 2. The molecule has 2 heterocycles. The Balaban J connectivity index is 2.20. The lowest BCUT2D eigenvalue weighted by Gasteiger charge is -2.05. The summed E-state index contributed by atoms with van der Waals surface area (Å²) in [4.78, 5) is 3.86. The number of anilines is 1. The molecule has 0 fully saturated rings. The lowest BCUT2D eigenvalue weighted by molar-refractivity contribution is 0.622. The molecule has 0 bridgehead atoms. The first kappa shape index (κ1) is 12.3. The molecule has 2 aromatic heterocycles. The van der Waals surface area contributed by atoms with E-state index in [1.807, 2.05) is 31.2 Å². The molecule has 1 aromatic carbocycles. The molecule has 20 heavy (non-hydrogen) atoms. The van der Waals surface area contributed by atoms with Crippen LogP contribution >= 0.6 is 0 Å². The van der Waals surface area contributed by atoms with Crippen molar-refractivity contribution in [2.75, 3.05) is 5.73 Å². The third kappa shape index (κ3) is 2.14. The van der Waals surface area contributed by atoms with Crippen LogP contribution in [0.4, 0.5) is 10.2 Å². The van der Waals surface area contributed by atoms with Gasteiger partial charge in [0.1, 0.15) is 5.82 Å². The smallest absolute Gasteiger partial charge is 0.153 e. The van der Waals surface area contributed by atoms with Crippen molar-refractivity contribution in [1.29, 1.82) is 0 Å². The standard InChI is InChI=1S/C15H13FN4/c1-9-3-2-4-10(5-9)13-14(19-20-15(13)17)11-6-12(16)8-18-7-11/h2-8H,1H3,(H3,17,19,20). The molecule has 0 radical (unpaired) electrons. The van der Waals surface area contributed by atoms with Crippen LogP contribution in [0.25, 0.3) is 22.4 Å². The first-order chi connectivity index (χ1) is 9.65. The molecular weight excluding hydrogens is 255 g/mol. The maximum absolute atomic E-state index is 13.3. The number of hydrogen-bond acceptors (Lipinski definition) is 3. The SMILES string of the molecule is Cc1cccc(-c2c(N)n[nH]c2-c2cncc(F)c2)c1. The first-order valence-corrected chi connectivity index (χ1v) is 6.17. The van der Waals surface area contributed by atoms with E-state index in [0.717, 1.165) is 22.9 Å². The number of aryl methyl sites for hydroxylation is 1. The summed E-state index contributed by atoms with van der Waals surface area (Å²) in [7, 11) is 0. The molecule has 0 aliphatic rings. The lowest BCUT2D eigenvalue weighted by atomic mass is 10.0. The molecular formula is C15H13FN4. The first-order valence-electron chi connectivity index (χ1n) is 6.17. The number of aromatic nitrogens is 3. The van der Waals surface area contributed by atoms with Gasteiger partial charge in [-0.05, 0) is 18.6 Å². The number of nitrogens with one attached hydrogen (secondary N) is 1. The molecule has 0 saturated carbocycles. The van der Waals surface area contributed by atoms with Crippen LogP contribution < -0.4 is 5.73 Å². The minimum absolute atomic E-state index is 0.384. The largest absolute Gasteiger partial charge is 0.382 e. The number of aromatic amines is 1. The van der Waals surface area contributed by atoms with Crippen molar-refractivity contribution in [1.82, 2.24) is 15.2 Å². The lowest BCUT2D eigenvalue weighted by Crippen LogP contribution is -1.90. The van der Waals surface area contributed by atoms with Crippen LogP contribution in [0, 0.1) is 12.7 Å². The highest BCUT2D eigenvalue weighted by molar-refractivity contribution is 5.87. The van der Waals surface area contributed by atoms with Crippen molar-refractivity contribution in [2.24, 2.45) is 0 Å². The van der Waals surface area contributed by atoms with E-state index in [1.54, 1.807) is 6.20 Å². The molecule has 3 rings (SSSR count). The van der Waals surface area contributed by atoms with Gasteiger partial charge in [-0.1, -0.05) is 29.8 Å². The Bertz CT molecular complexity index is 764. The van der Waals surface area contributed by atoms with E-state index in [2.05, 4.69) is 15.2 Å². The van der Waals surface area contributed by atoms with Crippen molar-refractivity contribution < 1.29 is 4.39 Å². The Morgan fingerprint density at radius 3 is 2.75 bits per heavy atom. The summed E-state index contributed by atoms with van der Waals surface area (Å²) in [6.07, 6.45) is 2.74. The van der Waals surface area contributed by atoms with Crippen LogP contribution in [0.15, 0.2) is 42.7 Å². The van der Waals surface area contributed by atoms with Gasteiger partial charge in [-0.15, -0.1) is 0 Å². The van der Waals surface area contributed by atoms with Gasteiger partial charge in [-0.2, -0.15) is 5.10 Å². The molecule has 4 nitrogen and oxygen atoms in total. The van der Waals surface area contributed by atoms with E-state index < -0.39 is 5.82 Å². The number of nitrogen functional groups attached to an aromatic ring is 1. The molecule has 0 spiro atoms. The minimum atomic E-state index is -0.397. The number of halogens is 1. The summed E-state index contributed by atoms with van der Waals surface area (Å²) >= 11 is 0. The van der Waals surface area contributed by atoms with Gasteiger partial charge >= 0.3 is 0 Å². The number of H-pyrrole nitrogens is 1. The van der Waals surface area contributed by atoms with Gasteiger partial charge in [0.25, 0.3) is 0 Å². The summed E-state index contributed by atoms with van der Waals surface area (Å²) in [5.41, 5.74) is 10.0. The van der Waals surface area contributed by atoms with E-state index >= 15 is 0 Å². The summed E-state index contributed by atoms with van der Waals surface area (Å²) in [5.74, 6) is -0.0132. The number of rotatable bonds is 2. The Hall–Kier alpha value is -2.69. The molecule has 0 unspecified atom stereocenters. The molecule has 0 aliphatic heterocycles. The summed E-state index contributed by atoms with van der Waals surface area (Å²) in [6, 6.07) is 9.31. The van der Waals surface area contributed by atoms with Gasteiger partial charge in [-0.25, -0.2) is 4.39 Å². The fraction of sp³-hybridized carbons (Fsp3) is 0.0667. The Morgan fingerprint density at radius 1 is 1.15 bits per heavy atom. The van der Waals surface area contributed by atoms with E-state index in [4.69, 9.17) is 5.73 Å². The van der Waals surface area contributed by atoms with Crippen molar-refractivity contribution in [3.63, 3.8) is 0 Å². The minimum Gasteiger partial charge on any atom is -0.382 e. The summed E-state index contributed by atoms with van der Waals surface area (Å²) in [6.45, 7) is 2.00. The van der Waals surface area contributed by atoms with Gasteiger partial charge < -0.3 is 5.73 Å². The van der Waals surface area contributed by atoms with E-state index in [0.29, 0.717) is 17.1 Å². The van der Waals surface area contributed by atoms with Crippen molar-refractivity contribution in [2.45, 2.75) is 6.92 Å². The normalized spacial score (nSPS) is 10.7.